The van der Waals surface area contributed by atoms with Crippen LogP contribution in [0, 0.1) is 5.92 Å². The lowest BCUT2D eigenvalue weighted by Gasteiger charge is -2.46. The Labute approximate surface area is 513 Å². The molecule has 0 N–H and O–H groups in total. The molecule has 0 aromatic heterocycles. The van der Waals surface area contributed by atoms with Crippen molar-refractivity contribution in [3.63, 3.8) is 0 Å². The molecule has 0 radical (unpaired) electrons. The molecule has 6 aliphatic rings. The van der Waals surface area contributed by atoms with E-state index in [1.54, 1.807) is 5.57 Å². The highest BCUT2D eigenvalue weighted by Crippen LogP contribution is 2.52. The number of hydrogen-bond acceptors (Lipinski definition) is 3. The van der Waals surface area contributed by atoms with Gasteiger partial charge in [0.1, 0.15) is 0 Å². The van der Waals surface area contributed by atoms with E-state index in [4.69, 9.17) is 0 Å². The number of allylic oxidation sites excluding steroid dienone is 7. The molecule has 0 bridgehead atoms. The lowest BCUT2D eigenvalue weighted by molar-refractivity contribution is 0.568. The Morgan fingerprint density at radius 3 is 1.49 bits per heavy atom. The van der Waals surface area contributed by atoms with Crippen LogP contribution in [0.15, 0.2) is 242 Å². The minimum Gasteiger partial charge on any atom is -0.333 e. The fourth-order valence-corrected chi connectivity index (χ4v) is 14.4. The molecule has 8 aromatic rings. The lowest BCUT2D eigenvalue weighted by atomic mass is 9.33. The summed E-state index contributed by atoms with van der Waals surface area (Å²) in [5.41, 5.74) is 29.3. The van der Waals surface area contributed by atoms with Crippen molar-refractivity contribution < 1.29 is 0 Å². The fraction of sp³-hybridized carbons (Fsp3) is 0.268. The van der Waals surface area contributed by atoms with E-state index < -0.39 is 0 Å². The first-order valence-electron chi connectivity index (χ1n) is 31.7. The van der Waals surface area contributed by atoms with Gasteiger partial charge in [-0.1, -0.05) is 259 Å². The van der Waals surface area contributed by atoms with Crippen LogP contribution in [0.5, 0.6) is 0 Å². The van der Waals surface area contributed by atoms with Crippen LogP contribution in [0.1, 0.15) is 136 Å². The molecule has 0 spiro atoms. The van der Waals surface area contributed by atoms with Crippen molar-refractivity contribution in [1.82, 2.24) is 0 Å². The Kier molecular flexibility index (Phi) is 13.4. The molecule has 86 heavy (non-hydrogen) atoms. The monoisotopic (exact) mass is 1120 g/mol. The summed E-state index contributed by atoms with van der Waals surface area (Å²) < 4.78 is 0. The second-order valence-electron chi connectivity index (χ2n) is 29.3. The van der Waals surface area contributed by atoms with Gasteiger partial charge in [-0.15, -0.1) is 0 Å². The maximum atomic E-state index is 2.70. The zero-order valence-electron chi connectivity index (χ0n) is 52.6. The van der Waals surface area contributed by atoms with Crippen LogP contribution >= 0.6 is 0 Å². The lowest BCUT2D eigenvalue weighted by Crippen LogP contribution is -2.61. The zero-order valence-corrected chi connectivity index (χ0v) is 52.6. The van der Waals surface area contributed by atoms with Crippen LogP contribution in [0.4, 0.5) is 34.1 Å². The molecule has 0 saturated heterocycles. The predicted molar refractivity (Wildman–Crippen MR) is 370 cm³/mol. The average molecular weight is 1120 g/mol. The number of anilines is 6. The third kappa shape index (κ3) is 9.78. The molecule has 3 unspecified atom stereocenters. The first-order valence-corrected chi connectivity index (χ1v) is 31.7. The van der Waals surface area contributed by atoms with Crippen molar-refractivity contribution in [2.75, 3.05) is 14.7 Å². The quantitative estimate of drug-likeness (QED) is 0.147. The minimum absolute atomic E-state index is 0.0313. The van der Waals surface area contributed by atoms with Crippen LogP contribution in [0.3, 0.4) is 0 Å². The minimum atomic E-state index is -0.0752. The molecule has 3 aliphatic carbocycles. The predicted octanol–water partition coefficient (Wildman–Crippen LogP) is 19.8. The highest BCUT2D eigenvalue weighted by molar-refractivity contribution is 7.00. The highest BCUT2D eigenvalue weighted by Gasteiger charge is 2.46. The molecule has 0 saturated carbocycles. The largest absolute Gasteiger partial charge is 0.333 e. The molecule has 3 aliphatic heterocycles. The Bertz CT molecular complexity index is 4130. The van der Waals surface area contributed by atoms with E-state index in [1.807, 2.05) is 0 Å². The van der Waals surface area contributed by atoms with Crippen LogP contribution in [0.2, 0.25) is 0 Å². The summed E-state index contributed by atoms with van der Waals surface area (Å²) in [5, 5.41) is 0. The maximum absolute atomic E-state index is 2.70. The van der Waals surface area contributed by atoms with Crippen molar-refractivity contribution >= 4 is 57.2 Å². The number of nitrogens with zero attached hydrogens (tertiary/aromatic N) is 3. The Balaban J connectivity index is 1.07. The van der Waals surface area contributed by atoms with Crippen LogP contribution in [-0.2, 0) is 21.7 Å². The van der Waals surface area contributed by atoms with Gasteiger partial charge in [-0.3, -0.25) is 0 Å². The molecule has 0 fully saturated rings. The van der Waals surface area contributed by atoms with Crippen molar-refractivity contribution in [2.45, 2.75) is 136 Å². The summed E-state index contributed by atoms with van der Waals surface area (Å²) in [6, 6.07) is 66.3. The van der Waals surface area contributed by atoms with Crippen LogP contribution in [-0.4, -0.2) is 12.8 Å². The first-order chi connectivity index (χ1) is 41.2. The highest BCUT2D eigenvalue weighted by atomic mass is 15.2. The molecule has 3 heterocycles. The Morgan fingerprint density at radius 1 is 0.430 bits per heavy atom. The zero-order chi connectivity index (χ0) is 59.6. The van der Waals surface area contributed by atoms with E-state index in [2.05, 4.69) is 322 Å². The Morgan fingerprint density at radius 2 is 0.942 bits per heavy atom. The number of benzene rings is 8. The summed E-state index contributed by atoms with van der Waals surface area (Å²) in [4.78, 5) is 8.01. The van der Waals surface area contributed by atoms with E-state index in [1.165, 1.54) is 117 Å². The van der Waals surface area contributed by atoms with Crippen LogP contribution in [0.25, 0.3) is 33.4 Å². The van der Waals surface area contributed by atoms with Gasteiger partial charge < -0.3 is 14.7 Å². The average Bonchev–Trinajstić information content (AvgIpc) is 0.862. The van der Waals surface area contributed by atoms with Crippen molar-refractivity contribution in [2.24, 2.45) is 5.92 Å². The molecular weight excluding hydrogens is 1040 g/mol. The molecule has 3 atom stereocenters. The summed E-state index contributed by atoms with van der Waals surface area (Å²) >= 11 is 0. The smallest absolute Gasteiger partial charge is 0.252 e. The standard InChI is InChI=1S/C82H82BN3/c1-79(2,3)61-43-59(44-62(49-61)80(4,5)6)57-35-41-70-74(47-57)84(65-37-31-55(32-38-65)53-23-15-13-16-24-53)76-51-67(86-72-29-21-19-27-68(72)69-28-20-22-30-73(69)86)52-77-78(76)83(70)71-42-36-58(60-45-63(81(7,8)9)50-64(46-60)82(10,11)12)48-75(71)85(77)66-39-33-56(34-40-66)54-25-17-14-18-26-54/h13-19,21-27,29-33,35-52,56,68,72H,20,28,34H2,1-12H3. The SMILES string of the molecule is CC(C)(C)c1cc(-c2ccc3c(c2)N(C2=CCC(c4ccccc4)C=C2)c2cc(N4C5=C(CCC=C5)C5C=CC=CC54)cc4c2B3c2ccc(-c3cc(C(C)(C)C)cc(C(C)(C)C)c3)cc2N4c2ccc(-c3ccccc3)cc2)cc(C(C)(C)C)c1. The van der Waals surface area contributed by atoms with Gasteiger partial charge in [0.2, 0.25) is 0 Å². The van der Waals surface area contributed by atoms with Gasteiger partial charge in [0.15, 0.2) is 0 Å². The van der Waals surface area contributed by atoms with Crippen LogP contribution < -0.4 is 31.1 Å². The molecular formula is C82H82BN3. The molecule has 8 aromatic carbocycles. The summed E-state index contributed by atoms with van der Waals surface area (Å²) in [6.07, 6.45) is 24.8. The van der Waals surface area contributed by atoms with E-state index in [0.717, 1.165) is 24.9 Å². The number of fused-ring (bicyclic) bond motifs is 6. The summed E-state index contributed by atoms with van der Waals surface area (Å²) in [6.45, 7) is 28.1. The van der Waals surface area contributed by atoms with Crippen molar-refractivity contribution in [1.29, 1.82) is 0 Å². The first kappa shape index (κ1) is 55.5. The van der Waals surface area contributed by atoms with Gasteiger partial charge in [-0.05, 0) is 173 Å². The van der Waals surface area contributed by atoms with Gasteiger partial charge in [0, 0.05) is 57.4 Å². The van der Waals surface area contributed by atoms with Gasteiger partial charge in [0.25, 0.3) is 6.71 Å². The second kappa shape index (κ2) is 20.7. The van der Waals surface area contributed by atoms with E-state index in [0.29, 0.717) is 5.92 Å². The van der Waals surface area contributed by atoms with Gasteiger partial charge in [-0.25, -0.2) is 0 Å². The van der Waals surface area contributed by atoms with Gasteiger partial charge in [0.05, 0.1) is 6.04 Å². The van der Waals surface area contributed by atoms with E-state index in [9.17, 15) is 0 Å². The maximum Gasteiger partial charge on any atom is 0.252 e. The molecule has 428 valence electrons. The van der Waals surface area contributed by atoms with Gasteiger partial charge >= 0.3 is 0 Å². The molecule has 14 rings (SSSR count). The number of hydrogen-bond donors (Lipinski definition) is 0. The molecule has 4 heteroatoms. The van der Waals surface area contributed by atoms with Crippen molar-refractivity contribution in [3.05, 3.63) is 269 Å². The van der Waals surface area contributed by atoms with E-state index >= 15 is 0 Å². The summed E-state index contributed by atoms with van der Waals surface area (Å²) in [7, 11) is 0. The van der Waals surface area contributed by atoms with Gasteiger partial charge in [-0.2, -0.15) is 0 Å². The topological polar surface area (TPSA) is 9.72 Å². The Hall–Kier alpha value is -8.34. The molecule has 0 amide bonds. The van der Waals surface area contributed by atoms with E-state index in [-0.39, 0.29) is 40.3 Å². The second-order valence-corrected chi connectivity index (χ2v) is 29.3. The third-order valence-electron chi connectivity index (χ3n) is 19.4. The molecule has 3 nitrogen and oxygen atoms in total. The normalized spacial score (nSPS) is 18.7. The number of rotatable bonds is 7. The third-order valence-corrected chi connectivity index (χ3v) is 19.4. The summed E-state index contributed by atoms with van der Waals surface area (Å²) in [5.74, 6) is 0.599. The van der Waals surface area contributed by atoms with Crippen molar-refractivity contribution in [3.8, 4) is 33.4 Å². The fourth-order valence-electron chi connectivity index (χ4n) is 14.4.